The number of hydrogen-bond acceptors (Lipinski definition) is 5. The van der Waals surface area contributed by atoms with Crippen molar-refractivity contribution in [3.05, 3.63) is 0 Å². The highest BCUT2D eigenvalue weighted by atomic mass is 16.6. The van der Waals surface area contributed by atoms with Gasteiger partial charge in [0, 0.05) is 14.1 Å². The van der Waals surface area contributed by atoms with Crippen LogP contribution in [0.5, 0.6) is 0 Å². The van der Waals surface area contributed by atoms with E-state index in [2.05, 4.69) is 5.16 Å². The van der Waals surface area contributed by atoms with Crippen LogP contribution in [0, 0.1) is 5.92 Å². The summed E-state index contributed by atoms with van der Waals surface area (Å²) in [6.45, 7) is 5.68. The predicted octanol–water partition coefficient (Wildman–Crippen LogP) is 1.32. The normalized spacial score (nSPS) is 22.8. The van der Waals surface area contributed by atoms with Gasteiger partial charge in [-0.2, -0.15) is 0 Å². The molecule has 1 fully saturated rings. The van der Waals surface area contributed by atoms with Crippen LogP contribution in [0.25, 0.3) is 0 Å². The van der Waals surface area contributed by atoms with Gasteiger partial charge in [-0.25, -0.2) is 4.79 Å². The first-order valence-corrected chi connectivity index (χ1v) is 7.58. The van der Waals surface area contributed by atoms with E-state index in [9.17, 15) is 14.4 Å². The second kappa shape index (κ2) is 7.91. The molecule has 2 atom stereocenters. The summed E-state index contributed by atoms with van der Waals surface area (Å²) in [6.07, 6.45) is 1.29. The molecule has 1 saturated heterocycles. The molecule has 0 spiro atoms. The Kier molecular flexibility index (Phi) is 6.52. The average Bonchev–Trinajstić information content (AvgIpc) is 2.47. The number of hydrogen-bond donors (Lipinski definition) is 0. The van der Waals surface area contributed by atoms with Crippen LogP contribution in [0.2, 0.25) is 0 Å². The fourth-order valence-corrected chi connectivity index (χ4v) is 2.44. The van der Waals surface area contributed by atoms with E-state index in [1.54, 1.807) is 27.9 Å². The van der Waals surface area contributed by atoms with Crippen LogP contribution in [0.15, 0.2) is 5.16 Å². The zero-order valence-corrected chi connectivity index (χ0v) is 14.0. The van der Waals surface area contributed by atoms with Crippen LogP contribution in [-0.2, 0) is 14.4 Å². The lowest BCUT2D eigenvalue weighted by Crippen LogP contribution is -2.59. The number of carbonyl (C=O) groups is 3. The highest BCUT2D eigenvalue weighted by Gasteiger charge is 2.44. The minimum Gasteiger partial charge on any atom is -0.396 e. The first-order valence-electron chi connectivity index (χ1n) is 7.58. The van der Waals surface area contributed by atoms with Crippen LogP contribution in [-0.4, -0.2) is 66.4 Å². The van der Waals surface area contributed by atoms with Crippen molar-refractivity contribution in [2.45, 2.75) is 39.7 Å². The highest BCUT2D eigenvalue weighted by Crippen LogP contribution is 2.21. The summed E-state index contributed by atoms with van der Waals surface area (Å²) in [4.78, 5) is 44.7. The van der Waals surface area contributed by atoms with Crippen LogP contribution >= 0.6 is 0 Å². The predicted molar refractivity (Wildman–Crippen MR) is 82.7 cm³/mol. The molecule has 0 saturated carbocycles. The Morgan fingerprint density at radius 1 is 1.36 bits per heavy atom. The summed E-state index contributed by atoms with van der Waals surface area (Å²) >= 11 is 0. The maximum Gasteiger partial charge on any atom is 0.320 e. The Balaban J connectivity index is 3.03. The Hall–Kier alpha value is -1.92. The maximum atomic E-state index is 12.6. The number of rotatable bonds is 5. The lowest BCUT2D eigenvalue weighted by molar-refractivity contribution is -0.137. The van der Waals surface area contributed by atoms with Crippen molar-refractivity contribution >= 4 is 23.3 Å². The second-order valence-electron chi connectivity index (χ2n) is 5.53. The first-order chi connectivity index (χ1) is 10.3. The first kappa shape index (κ1) is 18.1. The van der Waals surface area contributed by atoms with E-state index < -0.39 is 12.0 Å². The molecule has 0 aliphatic carbocycles. The second-order valence-corrected chi connectivity index (χ2v) is 5.53. The number of ketones is 2. The van der Waals surface area contributed by atoms with Crippen molar-refractivity contribution in [2.24, 2.45) is 11.1 Å². The van der Waals surface area contributed by atoms with Crippen LogP contribution in [0.3, 0.4) is 0 Å². The van der Waals surface area contributed by atoms with Gasteiger partial charge < -0.3 is 14.6 Å². The summed E-state index contributed by atoms with van der Waals surface area (Å²) in [5.41, 5.74) is 0.461. The Morgan fingerprint density at radius 3 is 2.50 bits per heavy atom. The minimum absolute atomic E-state index is 0.0799. The van der Waals surface area contributed by atoms with E-state index in [4.69, 9.17) is 4.84 Å². The van der Waals surface area contributed by atoms with Gasteiger partial charge >= 0.3 is 6.03 Å². The third-order valence-electron chi connectivity index (χ3n) is 3.59. The highest BCUT2D eigenvalue weighted by molar-refractivity contribution is 6.24. The number of urea groups is 1. The smallest absolute Gasteiger partial charge is 0.320 e. The molecule has 0 aromatic rings. The number of nitrogens with zero attached hydrogens (tertiary/aromatic N) is 3. The van der Waals surface area contributed by atoms with Crippen molar-refractivity contribution in [3.63, 3.8) is 0 Å². The van der Waals surface area contributed by atoms with Gasteiger partial charge in [-0.3, -0.25) is 9.59 Å². The Bertz CT molecular complexity index is 473. The van der Waals surface area contributed by atoms with E-state index in [1.165, 1.54) is 9.80 Å². The van der Waals surface area contributed by atoms with Gasteiger partial charge in [-0.1, -0.05) is 18.5 Å². The molecular weight excluding hydrogens is 286 g/mol. The molecule has 0 aromatic heterocycles. The number of amides is 2. The van der Waals surface area contributed by atoms with Crippen molar-refractivity contribution in [2.75, 3.05) is 27.2 Å². The molecule has 7 nitrogen and oxygen atoms in total. The van der Waals surface area contributed by atoms with Crippen LogP contribution < -0.4 is 0 Å². The lowest BCUT2D eigenvalue weighted by Gasteiger charge is -2.36. The van der Waals surface area contributed by atoms with E-state index >= 15 is 0 Å². The molecule has 22 heavy (non-hydrogen) atoms. The summed E-state index contributed by atoms with van der Waals surface area (Å²) in [5.74, 6) is -1.49. The van der Waals surface area contributed by atoms with Crippen molar-refractivity contribution in [1.29, 1.82) is 0 Å². The SMILES string of the molecule is CCCC(=NOCC)C1C(=O)CN(C(=O)N(C)C)C(C)C1=O. The molecule has 7 heteroatoms. The molecule has 2 unspecified atom stereocenters. The standard InChI is InChI=1S/C15H25N3O4/c1-6-8-11(16-22-7-2)13-12(19)9-18(10(3)14(13)20)15(21)17(4)5/h10,13H,6-9H2,1-5H3. The molecule has 2 amide bonds. The van der Waals surface area contributed by atoms with Gasteiger partial charge in [0.05, 0.1) is 18.3 Å². The number of carbonyl (C=O) groups excluding carboxylic acids is 3. The van der Waals surface area contributed by atoms with E-state index in [1.807, 2.05) is 6.92 Å². The molecule has 1 aliphatic heterocycles. The number of oxime groups is 1. The fraction of sp³-hybridized carbons (Fsp3) is 0.733. The summed E-state index contributed by atoms with van der Waals surface area (Å²) in [6, 6.07) is -0.993. The topological polar surface area (TPSA) is 79.3 Å². The zero-order chi connectivity index (χ0) is 16.9. The van der Waals surface area contributed by atoms with E-state index in [-0.39, 0.29) is 24.1 Å². The van der Waals surface area contributed by atoms with E-state index in [0.717, 1.165) is 6.42 Å². The number of likely N-dealkylation sites (tertiary alicyclic amines) is 1. The van der Waals surface area contributed by atoms with Gasteiger partial charge in [-0.05, 0) is 20.3 Å². The molecule has 1 heterocycles. The van der Waals surface area contributed by atoms with Crippen molar-refractivity contribution in [3.8, 4) is 0 Å². The van der Waals surface area contributed by atoms with Gasteiger partial charge in [0.1, 0.15) is 12.5 Å². The van der Waals surface area contributed by atoms with Gasteiger partial charge in [0.25, 0.3) is 0 Å². The Labute approximate surface area is 131 Å². The molecule has 0 N–H and O–H groups in total. The summed E-state index contributed by atoms with van der Waals surface area (Å²) in [5, 5.41) is 3.96. The molecule has 1 rings (SSSR count). The van der Waals surface area contributed by atoms with Gasteiger partial charge in [-0.15, -0.1) is 0 Å². The Morgan fingerprint density at radius 2 is 2.00 bits per heavy atom. The monoisotopic (exact) mass is 311 g/mol. The van der Waals surface area contributed by atoms with Gasteiger partial charge in [0.15, 0.2) is 11.6 Å². The van der Waals surface area contributed by atoms with Crippen molar-refractivity contribution in [1.82, 2.24) is 9.80 Å². The molecular formula is C15H25N3O4. The average molecular weight is 311 g/mol. The van der Waals surface area contributed by atoms with E-state index in [0.29, 0.717) is 18.7 Å². The fourth-order valence-electron chi connectivity index (χ4n) is 2.44. The molecule has 0 bridgehead atoms. The maximum absolute atomic E-state index is 12.6. The van der Waals surface area contributed by atoms with Crippen molar-refractivity contribution < 1.29 is 19.2 Å². The number of Topliss-reactive ketones (excluding diaryl/α,β-unsaturated/α-hetero) is 2. The number of piperidine rings is 1. The van der Waals surface area contributed by atoms with Gasteiger partial charge in [0.2, 0.25) is 0 Å². The molecule has 0 aromatic carbocycles. The summed E-state index contributed by atoms with van der Waals surface area (Å²) < 4.78 is 0. The minimum atomic E-state index is -0.896. The summed E-state index contributed by atoms with van der Waals surface area (Å²) in [7, 11) is 3.18. The largest absolute Gasteiger partial charge is 0.396 e. The van der Waals surface area contributed by atoms with Crippen LogP contribution in [0.4, 0.5) is 4.79 Å². The van der Waals surface area contributed by atoms with Crippen LogP contribution in [0.1, 0.15) is 33.6 Å². The molecule has 1 aliphatic rings. The third kappa shape index (κ3) is 3.84. The molecule has 124 valence electrons. The molecule has 0 radical (unpaired) electrons. The quantitative estimate of drug-likeness (QED) is 0.436. The lowest BCUT2D eigenvalue weighted by atomic mass is 9.84. The zero-order valence-electron chi connectivity index (χ0n) is 14.0. The third-order valence-corrected chi connectivity index (χ3v) is 3.59.